The Hall–Kier alpha value is -0.980. The van der Waals surface area contributed by atoms with Crippen LogP contribution in [-0.2, 0) is 17.8 Å². The van der Waals surface area contributed by atoms with E-state index in [0.29, 0.717) is 18.7 Å². The van der Waals surface area contributed by atoms with Crippen LogP contribution in [0.3, 0.4) is 0 Å². The number of likely N-dealkylation sites (N-methyl/N-ethyl adjacent to an activating group) is 1. The van der Waals surface area contributed by atoms with Crippen LogP contribution in [0.2, 0.25) is 0 Å². The molecule has 1 fully saturated rings. The van der Waals surface area contributed by atoms with Crippen LogP contribution in [0.15, 0.2) is 6.20 Å². The first kappa shape index (κ1) is 12.5. The predicted molar refractivity (Wildman–Crippen MR) is 64.4 cm³/mol. The summed E-state index contributed by atoms with van der Waals surface area (Å²) in [5, 5.41) is 8.00. The molecular weight excluding hydrogens is 218 g/mol. The van der Waals surface area contributed by atoms with Crippen molar-refractivity contribution in [2.45, 2.75) is 38.6 Å². The molecule has 1 aliphatic heterocycles. The van der Waals surface area contributed by atoms with Crippen molar-refractivity contribution in [1.29, 1.82) is 0 Å². The first-order valence-corrected chi connectivity index (χ1v) is 6.11. The predicted octanol–water partition coefficient (Wildman–Crippen LogP) is -0.154. The summed E-state index contributed by atoms with van der Waals surface area (Å²) in [4.78, 5) is 2.33. The van der Waals surface area contributed by atoms with Gasteiger partial charge in [-0.15, -0.1) is 5.10 Å². The molecule has 6 heteroatoms. The largest absolute Gasteiger partial charge is 0.377 e. The zero-order valence-electron chi connectivity index (χ0n) is 10.5. The summed E-state index contributed by atoms with van der Waals surface area (Å²) in [6.45, 7) is 5.24. The van der Waals surface area contributed by atoms with Crippen molar-refractivity contribution >= 4 is 0 Å². The average molecular weight is 239 g/mol. The lowest BCUT2D eigenvalue weighted by molar-refractivity contribution is 0.0822. The SMILES string of the molecule is CC1OCCC1N(C)CCn1cc(CN)nn1. The highest BCUT2D eigenvalue weighted by molar-refractivity contribution is 4.90. The van der Waals surface area contributed by atoms with Crippen LogP contribution < -0.4 is 5.73 Å². The van der Waals surface area contributed by atoms with E-state index in [-0.39, 0.29) is 0 Å². The molecule has 0 amide bonds. The molecule has 2 unspecified atom stereocenters. The maximum atomic E-state index is 5.57. The van der Waals surface area contributed by atoms with E-state index < -0.39 is 0 Å². The van der Waals surface area contributed by atoms with E-state index in [2.05, 4.69) is 29.2 Å². The molecule has 0 radical (unpaired) electrons. The van der Waals surface area contributed by atoms with E-state index in [0.717, 1.165) is 31.8 Å². The highest BCUT2D eigenvalue weighted by Crippen LogP contribution is 2.17. The second-order valence-corrected chi connectivity index (χ2v) is 4.59. The summed E-state index contributed by atoms with van der Waals surface area (Å²) < 4.78 is 7.41. The van der Waals surface area contributed by atoms with Gasteiger partial charge in [0.1, 0.15) is 0 Å². The Balaban J connectivity index is 1.81. The maximum absolute atomic E-state index is 5.57. The fourth-order valence-corrected chi connectivity index (χ4v) is 2.27. The molecule has 0 aliphatic carbocycles. The van der Waals surface area contributed by atoms with Gasteiger partial charge in [0.25, 0.3) is 0 Å². The standard InChI is InChI=1S/C11H21N5O/c1-9-11(3-6-17-9)15(2)4-5-16-8-10(7-12)13-14-16/h8-9,11H,3-7,12H2,1-2H3. The Morgan fingerprint density at radius 2 is 2.47 bits per heavy atom. The monoisotopic (exact) mass is 239 g/mol. The van der Waals surface area contributed by atoms with Crippen LogP contribution in [0.5, 0.6) is 0 Å². The number of hydrogen-bond donors (Lipinski definition) is 1. The summed E-state index contributed by atoms with van der Waals surface area (Å²) in [5.41, 5.74) is 6.33. The van der Waals surface area contributed by atoms with E-state index in [1.54, 1.807) is 0 Å². The van der Waals surface area contributed by atoms with E-state index in [4.69, 9.17) is 10.5 Å². The molecule has 0 bridgehead atoms. The summed E-state index contributed by atoms with van der Waals surface area (Å²) in [7, 11) is 2.14. The van der Waals surface area contributed by atoms with Gasteiger partial charge in [-0.1, -0.05) is 5.21 Å². The van der Waals surface area contributed by atoms with E-state index in [9.17, 15) is 0 Å². The number of aromatic nitrogens is 3. The van der Waals surface area contributed by atoms with Gasteiger partial charge < -0.3 is 10.5 Å². The van der Waals surface area contributed by atoms with E-state index in [1.165, 1.54) is 0 Å². The van der Waals surface area contributed by atoms with Gasteiger partial charge >= 0.3 is 0 Å². The van der Waals surface area contributed by atoms with Gasteiger partial charge in [0, 0.05) is 31.9 Å². The number of nitrogens with two attached hydrogens (primary N) is 1. The van der Waals surface area contributed by atoms with Crippen LogP contribution in [0.4, 0.5) is 0 Å². The van der Waals surface area contributed by atoms with Crippen LogP contribution in [0.1, 0.15) is 19.0 Å². The second kappa shape index (κ2) is 5.57. The number of hydrogen-bond acceptors (Lipinski definition) is 5. The minimum absolute atomic E-state index is 0.329. The fourth-order valence-electron chi connectivity index (χ4n) is 2.27. The highest BCUT2D eigenvalue weighted by Gasteiger charge is 2.27. The lowest BCUT2D eigenvalue weighted by atomic mass is 10.1. The molecule has 96 valence electrons. The van der Waals surface area contributed by atoms with Crippen LogP contribution in [0, 0.1) is 0 Å². The third-order valence-corrected chi connectivity index (χ3v) is 3.38. The van der Waals surface area contributed by atoms with Crippen molar-refractivity contribution in [2.75, 3.05) is 20.2 Å². The summed E-state index contributed by atoms with van der Waals surface area (Å²) >= 11 is 0. The maximum Gasteiger partial charge on any atom is 0.0962 e. The Morgan fingerprint density at radius 1 is 1.65 bits per heavy atom. The zero-order chi connectivity index (χ0) is 12.3. The summed E-state index contributed by atoms with van der Waals surface area (Å²) in [6.07, 6.45) is 3.35. The molecule has 0 saturated carbocycles. The minimum atomic E-state index is 0.329. The number of rotatable bonds is 5. The molecule has 6 nitrogen and oxygen atoms in total. The second-order valence-electron chi connectivity index (χ2n) is 4.59. The normalized spacial score (nSPS) is 24.7. The Morgan fingerprint density at radius 3 is 3.06 bits per heavy atom. The van der Waals surface area contributed by atoms with Crippen molar-refractivity contribution < 1.29 is 4.74 Å². The molecule has 2 N–H and O–H groups in total. The van der Waals surface area contributed by atoms with E-state index in [1.807, 2.05) is 10.9 Å². The van der Waals surface area contributed by atoms with Gasteiger partial charge in [-0.25, -0.2) is 0 Å². The summed E-state index contributed by atoms with van der Waals surface area (Å²) in [6, 6.07) is 0.521. The van der Waals surface area contributed by atoms with Crippen molar-refractivity contribution in [3.05, 3.63) is 11.9 Å². The lowest BCUT2D eigenvalue weighted by Gasteiger charge is -2.26. The number of nitrogens with zero attached hydrogens (tertiary/aromatic N) is 4. The third-order valence-electron chi connectivity index (χ3n) is 3.38. The van der Waals surface area contributed by atoms with Crippen molar-refractivity contribution in [1.82, 2.24) is 19.9 Å². The summed E-state index contributed by atoms with van der Waals surface area (Å²) in [5.74, 6) is 0. The van der Waals surface area contributed by atoms with Gasteiger partial charge in [0.05, 0.1) is 18.3 Å². The van der Waals surface area contributed by atoms with Gasteiger partial charge in [0.15, 0.2) is 0 Å². The van der Waals surface area contributed by atoms with Crippen molar-refractivity contribution in [3.8, 4) is 0 Å². The van der Waals surface area contributed by atoms with Crippen LogP contribution in [-0.4, -0.2) is 52.2 Å². The molecule has 1 aromatic rings. The third kappa shape index (κ3) is 3.02. The Kier molecular flexibility index (Phi) is 4.09. The Bertz CT molecular complexity index is 353. The first-order valence-electron chi connectivity index (χ1n) is 6.11. The molecular formula is C11H21N5O. The molecule has 2 rings (SSSR count). The van der Waals surface area contributed by atoms with Crippen molar-refractivity contribution in [2.24, 2.45) is 5.73 Å². The van der Waals surface area contributed by atoms with Crippen LogP contribution in [0.25, 0.3) is 0 Å². The molecule has 2 atom stereocenters. The molecule has 0 aromatic carbocycles. The quantitative estimate of drug-likeness (QED) is 0.773. The minimum Gasteiger partial charge on any atom is -0.377 e. The molecule has 1 saturated heterocycles. The molecule has 17 heavy (non-hydrogen) atoms. The molecule has 0 spiro atoms. The smallest absolute Gasteiger partial charge is 0.0962 e. The lowest BCUT2D eigenvalue weighted by Crippen LogP contribution is -2.38. The fraction of sp³-hybridized carbons (Fsp3) is 0.818. The average Bonchev–Trinajstić information content (AvgIpc) is 2.94. The van der Waals surface area contributed by atoms with Gasteiger partial charge in [-0.2, -0.15) is 0 Å². The Labute approximate surface area is 102 Å². The molecule has 1 aliphatic rings. The topological polar surface area (TPSA) is 69.2 Å². The molecule has 1 aromatic heterocycles. The van der Waals surface area contributed by atoms with Crippen molar-refractivity contribution in [3.63, 3.8) is 0 Å². The van der Waals surface area contributed by atoms with Gasteiger partial charge in [0.2, 0.25) is 0 Å². The zero-order valence-corrected chi connectivity index (χ0v) is 10.5. The van der Waals surface area contributed by atoms with Gasteiger partial charge in [-0.05, 0) is 20.4 Å². The number of ether oxygens (including phenoxy) is 1. The molecule has 2 heterocycles. The van der Waals surface area contributed by atoms with E-state index >= 15 is 0 Å². The first-order chi connectivity index (χ1) is 8.20. The van der Waals surface area contributed by atoms with Crippen LogP contribution >= 0.6 is 0 Å². The van der Waals surface area contributed by atoms with Gasteiger partial charge in [-0.3, -0.25) is 9.58 Å². The highest BCUT2D eigenvalue weighted by atomic mass is 16.5.